The number of carbonyl (C=O) groups is 1. The van der Waals surface area contributed by atoms with Crippen LogP contribution in [0.3, 0.4) is 0 Å². The molecule has 0 aliphatic carbocycles. The van der Waals surface area contributed by atoms with E-state index in [1.165, 1.54) is 0 Å². The number of aliphatic hydroxyl groups excluding tert-OH is 1. The van der Waals surface area contributed by atoms with Crippen molar-refractivity contribution >= 4 is 6.03 Å². The number of urea groups is 1. The van der Waals surface area contributed by atoms with E-state index in [4.69, 9.17) is 5.11 Å². The third kappa shape index (κ3) is 3.19. The molecular formula is C16H23N3O2. The van der Waals surface area contributed by atoms with Gasteiger partial charge >= 0.3 is 6.03 Å². The fraction of sp³-hybridized carbons (Fsp3) is 0.562. The summed E-state index contributed by atoms with van der Waals surface area (Å²) in [6.07, 6.45) is 2.12. The summed E-state index contributed by atoms with van der Waals surface area (Å²) < 4.78 is 0. The van der Waals surface area contributed by atoms with E-state index in [0.29, 0.717) is 12.6 Å². The van der Waals surface area contributed by atoms with Gasteiger partial charge in [-0.1, -0.05) is 24.3 Å². The summed E-state index contributed by atoms with van der Waals surface area (Å²) in [5, 5.41) is 12.4. The van der Waals surface area contributed by atoms with Crippen molar-refractivity contribution in [1.82, 2.24) is 15.1 Å². The molecule has 0 unspecified atom stereocenters. The Hall–Kier alpha value is -1.59. The Kier molecular flexibility index (Phi) is 4.41. The van der Waals surface area contributed by atoms with Crippen LogP contribution in [-0.4, -0.2) is 53.2 Å². The second-order valence-corrected chi connectivity index (χ2v) is 5.85. The predicted molar refractivity (Wildman–Crippen MR) is 80.8 cm³/mol. The lowest BCUT2D eigenvalue weighted by molar-refractivity contribution is 0.165. The summed E-state index contributed by atoms with van der Waals surface area (Å²) in [5.41, 5.74) is 2.02. The fourth-order valence-electron chi connectivity index (χ4n) is 3.18. The maximum atomic E-state index is 12.5. The Bertz CT molecular complexity index is 483. The van der Waals surface area contributed by atoms with E-state index in [-0.39, 0.29) is 12.6 Å². The molecule has 5 heteroatoms. The van der Waals surface area contributed by atoms with Gasteiger partial charge in [-0.05, 0) is 37.1 Å². The van der Waals surface area contributed by atoms with Crippen LogP contribution in [-0.2, 0) is 13.2 Å². The minimum Gasteiger partial charge on any atom is -0.392 e. The minimum absolute atomic E-state index is 0.0619. The van der Waals surface area contributed by atoms with Crippen molar-refractivity contribution < 1.29 is 9.90 Å². The molecule has 0 atom stereocenters. The quantitative estimate of drug-likeness (QED) is 0.875. The Labute approximate surface area is 125 Å². The molecule has 2 heterocycles. The topological polar surface area (TPSA) is 55.8 Å². The molecule has 114 valence electrons. The normalized spacial score (nSPS) is 20.3. The Morgan fingerprint density at radius 1 is 1.10 bits per heavy atom. The van der Waals surface area contributed by atoms with Crippen molar-refractivity contribution in [2.24, 2.45) is 0 Å². The Balaban J connectivity index is 1.60. The average molecular weight is 289 g/mol. The number of hydrogen-bond donors (Lipinski definition) is 2. The molecular weight excluding hydrogens is 266 g/mol. The zero-order valence-corrected chi connectivity index (χ0v) is 12.3. The SMILES string of the molecule is O=C1N(Cc2ccc(CO)cc2)CCN1C1CCNCC1. The number of amides is 2. The average Bonchev–Trinajstić information content (AvgIpc) is 2.90. The summed E-state index contributed by atoms with van der Waals surface area (Å²) in [6, 6.07) is 8.40. The smallest absolute Gasteiger partial charge is 0.320 e. The molecule has 2 amide bonds. The lowest BCUT2D eigenvalue weighted by atomic mass is 10.1. The zero-order chi connectivity index (χ0) is 14.7. The van der Waals surface area contributed by atoms with Gasteiger partial charge in [0, 0.05) is 25.7 Å². The number of benzene rings is 1. The van der Waals surface area contributed by atoms with E-state index in [1.807, 2.05) is 34.1 Å². The van der Waals surface area contributed by atoms with Crippen LogP contribution in [0.4, 0.5) is 4.79 Å². The van der Waals surface area contributed by atoms with Gasteiger partial charge in [0.1, 0.15) is 0 Å². The molecule has 0 radical (unpaired) electrons. The number of piperidine rings is 1. The standard InChI is InChI=1S/C16H23N3O2/c20-12-14-3-1-13(2-4-14)11-18-9-10-19(16(18)21)15-5-7-17-8-6-15/h1-4,15,17,20H,5-12H2. The number of aliphatic hydroxyl groups is 1. The van der Waals surface area contributed by atoms with Crippen LogP contribution in [0, 0.1) is 0 Å². The number of nitrogens with one attached hydrogen (secondary N) is 1. The second-order valence-electron chi connectivity index (χ2n) is 5.85. The Morgan fingerprint density at radius 2 is 1.76 bits per heavy atom. The van der Waals surface area contributed by atoms with Gasteiger partial charge in [0.15, 0.2) is 0 Å². The fourth-order valence-corrected chi connectivity index (χ4v) is 3.18. The second kappa shape index (κ2) is 6.45. The third-order valence-electron chi connectivity index (χ3n) is 4.46. The first-order chi connectivity index (χ1) is 10.3. The highest BCUT2D eigenvalue weighted by molar-refractivity contribution is 5.77. The van der Waals surface area contributed by atoms with E-state index in [2.05, 4.69) is 5.32 Å². The Morgan fingerprint density at radius 3 is 2.43 bits per heavy atom. The van der Waals surface area contributed by atoms with Crippen LogP contribution >= 0.6 is 0 Å². The first kappa shape index (κ1) is 14.4. The molecule has 2 N–H and O–H groups in total. The van der Waals surface area contributed by atoms with Crippen LogP contribution in [0.1, 0.15) is 24.0 Å². The van der Waals surface area contributed by atoms with Crippen molar-refractivity contribution in [3.8, 4) is 0 Å². The summed E-state index contributed by atoms with van der Waals surface area (Å²) >= 11 is 0. The largest absolute Gasteiger partial charge is 0.392 e. The van der Waals surface area contributed by atoms with E-state index in [1.54, 1.807) is 0 Å². The van der Waals surface area contributed by atoms with Crippen LogP contribution in [0.15, 0.2) is 24.3 Å². The van der Waals surface area contributed by atoms with Crippen LogP contribution in [0.5, 0.6) is 0 Å². The van der Waals surface area contributed by atoms with Gasteiger partial charge in [-0.25, -0.2) is 4.79 Å². The summed E-state index contributed by atoms with van der Waals surface area (Å²) in [6.45, 7) is 4.40. The first-order valence-electron chi connectivity index (χ1n) is 7.73. The number of carbonyl (C=O) groups excluding carboxylic acids is 1. The third-order valence-corrected chi connectivity index (χ3v) is 4.46. The van der Waals surface area contributed by atoms with E-state index < -0.39 is 0 Å². The lowest BCUT2D eigenvalue weighted by Gasteiger charge is -2.31. The highest BCUT2D eigenvalue weighted by Crippen LogP contribution is 2.20. The number of rotatable bonds is 4. The molecule has 0 bridgehead atoms. The molecule has 0 saturated carbocycles. The number of nitrogens with zero attached hydrogens (tertiary/aromatic N) is 2. The molecule has 21 heavy (non-hydrogen) atoms. The maximum Gasteiger partial charge on any atom is 0.320 e. The van der Waals surface area contributed by atoms with E-state index >= 15 is 0 Å². The van der Waals surface area contributed by atoms with Gasteiger partial charge < -0.3 is 20.2 Å². The molecule has 5 nitrogen and oxygen atoms in total. The van der Waals surface area contributed by atoms with Crippen LogP contribution < -0.4 is 5.32 Å². The molecule has 3 rings (SSSR count). The summed E-state index contributed by atoms with van der Waals surface area (Å²) in [7, 11) is 0. The van der Waals surface area contributed by atoms with Gasteiger partial charge in [0.25, 0.3) is 0 Å². The summed E-state index contributed by atoms with van der Waals surface area (Å²) in [5.74, 6) is 0. The van der Waals surface area contributed by atoms with Gasteiger partial charge in [-0.3, -0.25) is 0 Å². The van der Waals surface area contributed by atoms with E-state index in [9.17, 15) is 4.79 Å². The van der Waals surface area contributed by atoms with Gasteiger partial charge in [-0.15, -0.1) is 0 Å². The minimum atomic E-state index is 0.0619. The van der Waals surface area contributed by atoms with Crippen molar-refractivity contribution in [3.05, 3.63) is 35.4 Å². The molecule has 0 spiro atoms. The van der Waals surface area contributed by atoms with Gasteiger partial charge in [0.05, 0.1) is 6.61 Å². The zero-order valence-electron chi connectivity index (χ0n) is 12.3. The molecule has 2 fully saturated rings. The molecule has 2 saturated heterocycles. The van der Waals surface area contributed by atoms with Gasteiger partial charge in [0.2, 0.25) is 0 Å². The molecule has 2 aliphatic heterocycles. The summed E-state index contributed by atoms with van der Waals surface area (Å²) in [4.78, 5) is 16.5. The highest BCUT2D eigenvalue weighted by Gasteiger charge is 2.33. The maximum absolute atomic E-state index is 12.5. The molecule has 1 aromatic carbocycles. The highest BCUT2D eigenvalue weighted by atomic mass is 16.3. The monoisotopic (exact) mass is 289 g/mol. The van der Waals surface area contributed by atoms with E-state index in [0.717, 1.165) is 50.1 Å². The predicted octanol–water partition coefficient (Wildman–Crippen LogP) is 1.17. The first-order valence-corrected chi connectivity index (χ1v) is 7.73. The van der Waals surface area contributed by atoms with Crippen molar-refractivity contribution in [3.63, 3.8) is 0 Å². The van der Waals surface area contributed by atoms with Crippen molar-refractivity contribution in [2.45, 2.75) is 32.0 Å². The molecule has 1 aromatic rings. The van der Waals surface area contributed by atoms with Crippen molar-refractivity contribution in [2.75, 3.05) is 26.2 Å². The van der Waals surface area contributed by atoms with Crippen molar-refractivity contribution in [1.29, 1.82) is 0 Å². The lowest BCUT2D eigenvalue weighted by Crippen LogP contribution is -2.45. The van der Waals surface area contributed by atoms with Crippen LogP contribution in [0.2, 0.25) is 0 Å². The number of hydrogen-bond acceptors (Lipinski definition) is 3. The molecule has 0 aromatic heterocycles. The van der Waals surface area contributed by atoms with Crippen LogP contribution in [0.25, 0.3) is 0 Å². The molecule has 2 aliphatic rings. The van der Waals surface area contributed by atoms with Gasteiger partial charge in [-0.2, -0.15) is 0 Å².